The van der Waals surface area contributed by atoms with Crippen LogP contribution in [0.3, 0.4) is 0 Å². The SMILES string of the molecule is ClC(Cl)=CCOc1cc(Cl)c(OCCCOc2nc(Cl)c(Cl)cc2Cl)c(Cl)c1. The van der Waals surface area contributed by atoms with Crippen LogP contribution in [-0.2, 0) is 0 Å². The minimum Gasteiger partial charge on any atom is -0.490 e. The number of hydrogen-bond donors (Lipinski definition) is 0. The van der Waals surface area contributed by atoms with Gasteiger partial charge in [0.15, 0.2) is 10.9 Å². The summed E-state index contributed by atoms with van der Waals surface area (Å²) < 4.78 is 16.6. The number of aromatic nitrogens is 1. The van der Waals surface area contributed by atoms with Crippen molar-refractivity contribution in [3.8, 4) is 17.4 Å². The number of pyridine rings is 1. The first-order valence-electron chi connectivity index (χ1n) is 7.68. The van der Waals surface area contributed by atoms with E-state index in [4.69, 9.17) is 95.4 Å². The minimum absolute atomic E-state index is 0.108. The van der Waals surface area contributed by atoms with Crippen LogP contribution >= 0.6 is 81.2 Å². The van der Waals surface area contributed by atoms with Gasteiger partial charge in [-0.05, 0) is 12.1 Å². The fraction of sp³-hybridized carbons (Fsp3) is 0.235. The molecule has 0 amide bonds. The van der Waals surface area contributed by atoms with Gasteiger partial charge >= 0.3 is 0 Å². The molecule has 4 nitrogen and oxygen atoms in total. The zero-order valence-electron chi connectivity index (χ0n) is 14.0. The first kappa shape index (κ1) is 23.8. The van der Waals surface area contributed by atoms with Crippen LogP contribution in [0, 0.1) is 0 Å². The molecule has 0 unspecified atom stereocenters. The Bertz CT molecular complexity index is 834. The van der Waals surface area contributed by atoms with Crippen LogP contribution in [-0.4, -0.2) is 24.8 Å². The van der Waals surface area contributed by atoms with E-state index in [-0.39, 0.29) is 38.8 Å². The maximum absolute atomic E-state index is 6.20. The molecule has 0 fully saturated rings. The Morgan fingerprint density at radius 2 is 1.46 bits per heavy atom. The number of rotatable bonds is 9. The first-order chi connectivity index (χ1) is 13.3. The van der Waals surface area contributed by atoms with Gasteiger partial charge in [-0.25, -0.2) is 0 Å². The van der Waals surface area contributed by atoms with Crippen molar-refractivity contribution in [2.24, 2.45) is 0 Å². The number of hydrogen-bond acceptors (Lipinski definition) is 4. The molecule has 0 saturated heterocycles. The van der Waals surface area contributed by atoms with Crippen molar-refractivity contribution in [3.63, 3.8) is 0 Å². The highest BCUT2D eigenvalue weighted by atomic mass is 35.5. The number of halogens is 7. The third kappa shape index (κ3) is 7.42. The molecule has 0 spiro atoms. The van der Waals surface area contributed by atoms with Crippen LogP contribution < -0.4 is 14.2 Å². The van der Waals surface area contributed by atoms with E-state index in [9.17, 15) is 0 Å². The standard InChI is InChI=1S/C17H12Cl7NO3/c18-10-6-9(26-5-2-14(22)23)7-11(19)15(10)27-3-1-4-28-17-13(21)8-12(20)16(24)25-17/h2,6-8H,1,3-5H2. The Morgan fingerprint density at radius 3 is 2.11 bits per heavy atom. The number of nitrogens with zero attached hydrogens (tertiary/aromatic N) is 1. The van der Waals surface area contributed by atoms with Gasteiger partial charge in [0, 0.05) is 18.6 Å². The Balaban J connectivity index is 1.84. The van der Waals surface area contributed by atoms with Crippen molar-refractivity contribution < 1.29 is 14.2 Å². The maximum atomic E-state index is 6.20. The zero-order chi connectivity index (χ0) is 20.7. The van der Waals surface area contributed by atoms with Crippen molar-refractivity contribution in [1.29, 1.82) is 0 Å². The van der Waals surface area contributed by atoms with E-state index in [0.717, 1.165) is 0 Å². The summed E-state index contributed by atoms with van der Waals surface area (Å²) in [6.45, 7) is 0.758. The van der Waals surface area contributed by atoms with Gasteiger partial charge in [-0.15, -0.1) is 0 Å². The van der Waals surface area contributed by atoms with E-state index in [1.54, 1.807) is 12.1 Å². The van der Waals surface area contributed by atoms with Crippen LogP contribution in [0.15, 0.2) is 28.8 Å². The maximum Gasteiger partial charge on any atom is 0.234 e. The molecule has 0 N–H and O–H groups in total. The van der Waals surface area contributed by atoms with Gasteiger partial charge in [-0.1, -0.05) is 81.2 Å². The molecule has 0 aliphatic rings. The lowest BCUT2D eigenvalue weighted by molar-refractivity contribution is 0.242. The van der Waals surface area contributed by atoms with E-state index >= 15 is 0 Å². The summed E-state index contributed by atoms with van der Waals surface area (Å²) in [5.74, 6) is 0.990. The van der Waals surface area contributed by atoms with Crippen molar-refractivity contribution in [3.05, 3.63) is 54.0 Å². The molecular weight excluding hydrogens is 514 g/mol. The molecule has 0 aliphatic heterocycles. The van der Waals surface area contributed by atoms with Gasteiger partial charge in [0.25, 0.3) is 0 Å². The molecule has 2 aromatic rings. The molecule has 28 heavy (non-hydrogen) atoms. The lowest BCUT2D eigenvalue weighted by Gasteiger charge is -2.13. The van der Waals surface area contributed by atoms with E-state index < -0.39 is 0 Å². The number of benzene rings is 1. The average molecular weight is 526 g/mol. The smallest absolute Gasteiger partial charge is 0.234 e. The Morgan fingerprint density at radius 1 is 0.821 bits per heavy atom. The van der Waals surface area contributed by atoms with Gasteiger partial charge in [0.05, 0.1) is 28.3 Å². The van der Waals surface area contributed by atoms with E-state index in [1.807, 2.05) is 0 Å². The second kappa shape index (κ2) is 11.7. The van der Waals surface area contributed by atoms with Crippen LogP contribution in [0.2, 0.25) is 25.2 Å². The highest BCUT2D eigenvalue weighted by Crippen LogP contribution is 2.37. The topological polar surface area (TPSA) is 40.6 Å². The summed E-state index contributed by atoms with van der Waals surface area (Å²) >= 11 is 41.1. The van der Waals surface area contributed by atoms with Crippen molar-refractivity contribution in [1.82, 2.24) is 4.98 Å². The van der Waals surface area contributed by atoms with Crippen LogP contribution in [0.4, 0.5) is 0 Å². The molecular formula is C17H12Cl7NO3. The summed E-state index contributed by atoms with van der Waals surface area (Å²) in [4.78, 5) is 3.96. The summed E-state index contributed by atoms with van der Waals surface area (Å²) in [5.41, 5.74) is 0. The largest absolute Gasteiger partial charge is 0.490 e. The normalized spacial score (nSPS) is 10.5. The molecule has 0 aliphatic carbocycles. The highest BCUT2D eigenvalue weighted by Gasteiger charge is 2.12. The predicted octanol–water partition coefficient (Wildman–Crippen LogP) is 7.89. The second-order valence-electron chi connectivity index (χ2n) is 5.12. The third-order valence-corrected chi connectivity index (χ3v) is 4.90. The molecule has 1 aromatic carbocycles. The van der Waals surface area contributed by atoms with E-state index in [2.05, 4.69) is 4.98 Å². The summed E-state index contributed by atoms with van der Waals surface area (Å²) in [5, 5.41) is 1.24. The monoisotopic (exact) mass is 523 g/mol. The minimum atomic E-state index is 0.108. The summed E-state index contributed by atoms with van der Waals surface area (Å²) in [6, 6.07) is 4.62. The van der Waals surface area contributed by atoms with Crippen LogP contribution in [0.5, 0.6) is 17.4 Å². The molecule has 1 aromatic heterocycles. The van der Waals surface area contributed by atoms with Gasteiger partial charge in [0.1, 0.15) is 21.9 Å². The molecule has 152 valence electrons. The molecule has 0 atom stereocenters. The molecule has 0 radical (unpaired) electrons. The van der Waals surface area contributed by atoms with Crippen molar-refractivity contribution in [2.75, 3.05) is 19.8 Å². The van der Waals surface area contributed by atoms with E-state index in [1.165, 1.54) is 12.1 Å². The van der Waals surface area contributed by atoms with Crippen LogP contribution in [0.1, 0.15) is 6.42 Å². The first-order valence-corrected chi connectivity index (χ1v) is 10.3. The molecule has 2 rings (SSSR count). The van der Waals surface area contributed by atoms with E-state index in [0.29, 0.717) is 34.6 Å². The predicted molar refractivity (Wildman–Crippen MR) is 117 cm³/mol. The molecule has 0 saturated carbocycles. The third-order valence-electron chi connectivity index (χ3n) is 3.09. The van der Waals surface area contributed by atoms with Gasteiger partial charge in [0.2, 0.25) is 5.88 Å². The Kier molecular flexibility index (Phi) is 9.91. The van der Waals surface area contributed by atoms with Crippen LogP contribution in [0.25, 0.3) is 0 Å². The van der Waals surface area contributed by atoms with Gasteiger partial charge < -0.3 is 14.2 Å². The highest BCUT2D eigenvalue weighted by molar-refractivity contribution is 6.55. The lowest BCUT2D eigenvalue weighted by Crippen LogP contribution is -2.07. The fourth-order valence-electron chi connectivity index (χ4n) is 1.89. The second-order valence-corrected chi connectivity index (χ2v) is 8.11. The van der Waals surface area contributed by atoms with Crippen molar-refractivity contribution in [2.45, 2.75) is 6.42 Å². The fourth-order valence-corrected chi connectivity index (χ4v) is 3.14. The Labute approximate surface area is 197 Å². The molecule has 11 heteroatoms. The Hall–Kier alpha value is -0.460. The average Bonchev–Trinajstić information content (AvgIpc) is 2.60. The van der Waals surface area contributed by atoms with Gasteiger partial charge in [-0.2, -0.15) is 4.98 Å². The number of ether oxygens (including phenoxy) is 3. The summed E-state index contributed by atoms with van der Waals surface area (Å²) in [6.07, 6.45) is 2.01. The van der Waals surface area contributed by atoms with Gasteiger partial charge in [-0.3, -0.25) is 0 Å². The zero-order valence-corrected chi connectivity index (χ0v) is 19.2. The lowest BCUT2D eigenvalue weighted by atomic mass is 10.3. The van der Waals surface area contributed by atoms with Crippen molar-refractivity contribution >= 4 is 81.2 Å². The quantitative estimate of drug-likeness (QED) is 0.246. The molecule has 0 bridgehead atoms. The molecule has 1 heterocycles. The summed E-state index contributed by atoms with van der Waals surface area (Å²) in [7, 11) is 0.